The van der Waals surface area contributed by atoms with Gasteiger partial charge in [0.05, 0.1) is 5.69 Å². The van der Waals surface area contributed by atoms with Gasteiger partial charge in [-0.2, -0.15) is 0 Å². The quantitative estimate of drug-likeness (QED) is 0.833. The molecular formula is C8H8N4O2S. The molecule has 7 heteroatoms. The summed E-state index contributed by atoms with van der Waals surface area (Å²) in [7, 11) is 0. The predicted molar refractivity (Wildman–Crippen MR) is 53.8 cm³/mol. The fraction of sp³-hybridized carbons (Fsp3) is 0.250. The maximum Gasteiger partial charge on any atom is 0.281 e. The van der Waals surface area contributed by atoms with E-state index in [1.165, 1.54) is 11.3 Å². The number of nitrogens with zero attached hydrogens (tertiary/aromatic N) is 3. The number of carbonyl (C=O) groups excluding carboxylic acids is 1. The Morgan fingerprint density at radius 1 is 1.47 bits per heavy atom. The summed E-state index contributed by atoms with van der Waals surface area (Å²) in [4.78, 5) is 15.7. The minimum atomic E-state index is -0.358. The van der Waals surface area contributed by atoms with Gasteiger partial charge in [0.15, 0.2) is 10.8 Å². The number of rotatable bonds is 2. The molecule has 0 saturated carbocycles. The fourth-order valence-corrected chi connectivity index (χ4v) is 1.69. The highest BCUT2D eigenvalue weighted by Crippen LogP contribution is 2.15. The van der Waals surface area contributed by atoms with Crippen molar-refractivity contribution in [3.8, 4) is 0 Å². The maximum absolute atomic E-state index is 11.6. The summed E-state index contributed by atoms with van der Waals surface area (Å²) in [6.07, 6.45) is 0. The lowest BCUT2D eigenvalue weighted by Crippen LogP contribution is -2.13. The van der Waals surface area contributed by atoms with E-state index in [-0.39, 0.29) is 11.6 Å². The van der Waals surface area contributed by atoms with E-state index in [0.717, 1.165) is 5.69 Å². The van der Waals surface area contributed by atoms with Gasteiger partial charge in [-0.3, -0.25) is 10.1 Å². The molecule has 2 heterocycles. The van der Waals surface area contributed by atoms with E-state index < -0.39 is 0 Å². The van der Waals surface area contributed by atoms with Crippen LogP contribution in [0, 0.1) is 13.8 Å². The molecule has 0 bridgehead atoms. The van der Waals surface area contributed by atoms with E-state index in [1.54, 1.807) is 6.92 Å². The molecule has 0 fully saturated rings. The van der Waals surface area contributed by atoms with Crippen molar-refractivity contribution < 1.29 is 9.42 Å². The molecule has 2 rings (SSSR count). The number of nitrogens with one attached hydrogen (secondary N) is 1. The lowest BCUT2D eigenvalue weighted by Gasteiger charge is -1.96. The van der Waals surface area contributed by atoms with Gasteiger partial charge in [0.2, 0.25) is 0 Å². The fourth-order valence-electron chi connectivity index (χ4n) is 1.01. The molecule has 0 aliphatic heterocycles. The number of aromatic nitrogens is 3. The number of hydrogen-bond donors (Lipinski definition) is 1. The highest BCUT2D eigenvalue weighted by atomic mass is 32.1. The van der Waals surface area contributed by atoms with Gasteiger partial charge in [0, 0.05) is 5.38 Å². The molecule has 0 aromatic carbocycles. The van der Waals surface area contributed by atoms with Gasteiger partial charge in [-0.15, -0.1) is 11.3 Å². The third-order valence-corrected chi connectivity index (χ3v) is 2.58. The van der Waals surface area contributed by atoms with Gasteiger partial charge >= 0.3 is 0 Å². The summed E-state index contributed by atoms with van der Waals surface area (Å²) in [5.41, 5.74) is 1.51. The van der Waals surface area contributed by atoms with Gasteiger partial charge < -0.3 is 0 Å². The lowest BCUT2D eigenvalue weighted by atomic mass is 10.3. The Kier molecular flexibility index (Phi) is 2.46. The van der Waals surface area contributed by atoms with Crippen molar-refractivity contribution in [1.29, 1.82) is 0 Å². The van der Waals surface area contributed by atoms with Crippen molar-refractivity contribution in [1.82, 2.24) is 15.3 Å². The lowest BCUT2D eigenvalue weighted by molar-refractivity contribution is 0.101. The zero-order valence-electron chi connectivity index (χ0n) is 8.14. The first-order valence-electron chi connectivity index (χ1n) is 4.19. The molecule has 2 aromatic rings. The van der Waals surface area contributed by atoms with Crippen LogP contribution in [0.15, 0.2) is 10.0 Å². The molecule has 1 amide bonds. The monoisotopic (exact) mass is 224 g/mol. The molecular weight excluding hydrogens is 216 g/mol. The Morgan fingerprint density at radius 3 is 2.80 bits per heavy atom. The molecule has 0 aliphatic rings. The van der Waals surface area contributed by atoms with Crippen LogP contribution in [0.3, 0.4) is 0 Å². The van der Waals surface area contributed by atoms with Crippen LogP contribution >= 0.6 is 11.3 Å². The maximum atomic E-state index is 11.6. The Hall–Kier alpha value is -1.76. The van der Waals surface area contributed by atoms with Gasteiger partial charge in [-0.05, 0) is 19.0 Å². The molecule has 0 atom stereocenters. The van der Waals surface area contributed by atoms with Crippen molar-refractivity contribution in [2.75, 3.05) is 5.32 Å². The number of thiazole rings is 1. The van der Waals surface area contributed by atoms with E-state index in [0.29, 0.717) is 10.8 Å². The summed E-state index contributed by atoms with van der Waals surface area (Å²) in [6, 6.07) is 0. The van der Waals surface area contributed by atoms with Crippen molar-refractivity contribution in [3.05, 3.63) is 22.5 Å². The summed E-state index contributed by atoms with van der Waals surface area (Å²) in [5, 5.41) is 12.0. The van der Waals surface area contributed by atoms with Gasteiger partial charge in [0.1, 0.15) is 5.69 Å². The predicted octanol–water partition coefficient (Wildman–Crippen LogP) is 1.40. The van der Waals surface area contributed by atoms with Crippen molar-refractivity contribution in [2.24, 2.45) is 0 Å². The topological polar surface area (TPSA) is 80.9 Å². The molecule has 6 nitrogen and oxygen atoms in total. The summed E-state index contributed by atoms with van der Waals surface area (Å²) in [5.74, 6) is -0.358. The third kappa shape index (κ3) is 2.01. The molecule has 15 heavy (non-hydrogen) atoms. The Balaban J connectivity index is 2.14. The molecule has 0 aliphatic carbocycles. The van der Waals surface area contributed by atoms with Crippen LogP contribution in [0.1, 0.15) is 21.9 Å². The van der Waals surface area contributed by atoms with Crippen LogP contribution in [-0.4, -0.2) is 21.2 Å². The molecule has 0 saturated heterocycles. The molecule has 1 N–H and O–H groups in total. The zero-order chi connectivity index (χ0) is 10.8. The number of amides is 1. The summed E-state index contributed by atoms with van der Waals surface area (Å²) < 4.78 is 4.43. The second kappa shape index (κ2) is 3.77. The van der Waals surface area contributed by atoms with Crippen LogP contribution in [0.4, 0.5) is 5.13 Å². The summed E-state index contributed by atoms with van der Waals surface area (Å²) >= 11 is 1.36. The molecule has 0 unspecified atom stereocenters. The number of aryl methyl sites for hydroxylation is 2. The standard InChI is InChI=1S/C8H8N4O2S/c1-4-3-15-8(9-4)10-7(13)6-5(2)11-14-12-6/h3H,1-2H3,(H,9,10,13). The highest BCUT2D eigenvalue weighted by Gasteiger charge is 2.15. The second-order valence-electron chi connectivity index (χ2n) is 2.95. The van der Waals surface area contributed by atoms with Crippen molar-refractivity contribution in [2.45, 2.75) is 13.8 Å². The van der Waals surface area contributed by atoms with Gasteiger partial charge in [-0.25, -0.2) is 9.61 Å². The first kappa shape index (κ1) is 9.78. The Bertz CT molecular complexity index is 490. The smallest absolute Gasteiger partial charge is 0.281 e. The van der Waals surface area contributed by atoms with E-state index in [2.05, 4.69) is 25.2 Å². The number of anilines is 1. The van der Waals surface area contributed by atoms with E-state index >= 15 is 0 Å². The minimum Gasteiger partial charge on any atom is -0.296 e. The summed E-state index contributed by atoms with van der Waals surface area (Å²) in [6.45, 7) is 3.51. The third-order valence-electron chi connectivity index (χ3n) is 1.71. The minimum absolute atomic E-state index is 0.183. The molecule has 0 spiro atoms. The van der Waals surface area contributed by atoms with Crippen LogP contribution in [0.5, 0.6) is 0 Å². The van der Waals surface area contributed by atoms with Crippen LogP contribution in [0.2, 0.25) is 0 Å². The Morgan fingerprint density at radius 2 is 2.27 bits per heavy atom. The second-order valence-corrected chi connectivity index (χ2v) is 3.80. The van der Waals surface area contributed by atoms with E-state index in [9.17, 15) is 4.79 Å². The largest absolute Gasteiger partial charge is 0.296 e. The van der Waals surface area contributed by atoms with Gasteiger partial charge in [-0.1, -0.05) is 5.16 Å². The highest BCUT2D eigenvalue weighted by molar-refractivity contribution is 7.13. The molecule has 78 valence electrons. The Labute approximate surface area is 89.3 Å². The first-order chi connectivity index (χ1) is 7.16. The van der Waals surface area contributed by atoms with Crippen LogP contribution < -0.4 is 5.32 Å². The van der Waals surface area contributed by atoms with Crippen molar-refractivity contribution in [3.63, 3.8) is 0 Å². The van der Waals surface area contributed by atoms with Gasteiger partial charge in [0.25, 0.3) is 5.91 Å². The van der Waals surface area contributed by atoms with Crippen LogP contribution in [-0.2, 0) is 0 Å². The average molecular weight is 224 g/mol. The zero-order valence-corrected chi connectivity index (χ0v) is 8.96. The SMILES string of the molecule is Cc1csc(NC(=O)c2nonc2C)n1. The van der Waals surface area contributed by atoms with E-state index in [1.807, 2.05) is 12.3 Å². The first-order valence-corrected chi connectivity index (χ1v) is 5.07. The average Bonchev–Trinajstić information content (AvgIpc) is 2.75. The van der Waals surface area contributed by atoms with Crippen LogP contribution in [0.25, 0.3) is 0 Å². The molecule has 2 aromatic heterocycles. The number of hydrogen-bond acceptors (Lipinski definition) is 6. The number of carbonyl (C=O) groups is 1. The molecule has 0 radical (unpaired) electrons. The normalized spacial score (nSPS) is 10.3. The van der Waals surface area contributed by atoms with E-state index in [4.69, 9.17) is 0 Å². The van der Waals surface area contributed by atoms with Crippen molar-refractivity contribution >= 4 is 22.4 Å².